The van der Waals surface area contributed by atoms with Gasteiger partial charge in [0, 0.05) is 11.1 Å². The van der Waals surface area contributed by atoms with Crippen LogP contribution in [0.1, 0.15) is 42.7 Å². The van der Waals surface area contributed by atoms with Gasteiger partial charge in [-0.15, -0.1) is 0 Å². The Kier molecular flexibility index (Phi) is 4.68. The highest BCUT2D eigenvalue weighted by atomic mass is 14.7. The Morgan fingerprint density at radius 3 is 2.06 bits per heavy atom. The van der Waals surface area contributed by atoms with Crippen LogP contribution in [0.25, 0.3) is 10.9 Å². The lowest BCUT2D eigenvalue weighted by atomic mass is 10.0. The zero-order chi connectivity index (χ0) is 13.0. The largest absolute Gasteiger partial charge is 0.253 e. The second-order valence-electron chi connectivity index (χ2n) is 4.77. The van der Waals surface area contributed by atoms with Crippen LogP contribution in [0.5, 0.6) is 0 Å². The highest BCUT2D eigenvalue weighted by molar-refractivity contribution is 5.85. The monoisotopic (exact) mass is 229 g/mol. The maximum absolute atomic E-state index is 4.58. The van der Waals surface area contributed by atoms with Gasteiger partial charge in [-0.3, -0.25) is 4.98 Å². The summed E-state index contributed by atoms with van der Waals surface area (Å²) >= 11 is 0. The third-order valence-electron chi connectivity index (χ3n) is 2.58. The molecule has 92 valence electrons. The molecule has 1 heteroatoms. The molecule has 0 aliphatic heterocycles. The molecule has 1 heterocycles. The summed E-state index contributed by atoms with van der Waals surface area (Å²) in [7, 11) is 0. The summed E-state index contributed by atoms with van der Waals surface area (Å²) in [5.74, 6) is 0. The molecule has 2 aromatic rings. The summed E-state index contributed by atoms with van der Waals surface area (Å²) in [6.45, 7) is 12.7. The van der Waals surface area contributed by atoms with E-state index in [1.165, 1.54) is 28.5 Å². The van der Waals surface area contributed by atoms with Crippen molar-refractivity contribution in [3.63, 3.8) is 0 Å². The zero-order valence-corrected chi connectivity index (χ0v) is 11.9. The van der Waals surface area contributed by atoms with Gasteiger partial charge in [0.1, 0.15) is 0 Å². The van der Waals surface area contributed by atoms with Crippen LogP contribution in [-0.4, -0.2) is 4.98 Å². The van der Waals surface area contributed by atoms with Crippen LogP contribution in [0.2, 0.25) is 0 Å². The number of pyridine rings is 1. The van der Waals surface area contributed by atoms with E-state index in [0.29, 0.717) is 0 Å². The fraction of sp³-hybridized carbons (Fsp3) is 0.438. The number of hydrogen-bond acceptors (Lipinski definition) is 1. The minimum Gasteiger partial charge on any atom is -0.253 e. The highest BCUT2D eigenvalue weighted by Gasteiger charge is 2.03. The average Bonchev–Trinajstić information content (AvgIpc) is 2.21. The van der Waals surface area contributed by atoms with Crippen LogP contribution in [0, 0.1) is 27.7 Å². The molecule has 0 atom stereocenters. The lowest BCUT2D eigenvalue weighted by Gasteiger charge is -2.07. The van der Waals surface area contributed by atoms with Crippen molar-refractivity contribution in [1.29, 1.82) is 0 Å². The van der Waals surface area contributed by atoms with Gasteiger partial charge in [0.2, 0.25) is 0 Å². The van der Waals surface area contributed by atoms with Gasteiger partial charge in [0.25, 0.3) is 0 Å². The molecule has 1 aromatic carbocycles. The summed E-state index contributed by atoms with van der Waals surface area (Å²) in [6.07, 6.45) is 1.25. The molecular formula is C16H23N. The van der Waals surface area contributed by atoms with Gasteiger partial charge in [-0.25, -0.2) is 0 Å². The fourth-order valence-electron chi connectivity index (χ4n) is 2.01. The van der Waals surface area contributed by atoms with Gasteiger partial charge in [-0.1, -0.05) is 31.9 Å². The number of benzene rings is 1. The van der Waals surface area contributed by atoms with Crippen LogP contribution in [-0.2, 0) is 0 Å². The summed E-state index contributed by atoms with van der Waals surface area (Å²) in [5, 5.41) is 1.29. The molecule has 17 heavy (non-hydrogen) atoms. The molecule has 0 aliphatic carbocycles. The molecule has 1 aromatic heterocycles. The maximum atomic E-state index is 4.58. The Balaban J connectivity index is 0.000000437. The molecule has 0 fully saturated rings. The molecule has 0 bridgehead atoms. The molecular weight excluding hydrogens is 206 g/mol. The van der Waals surface area contributed by atoms with E-state index in [1.807, 2.05) is 6.92 Å². The molecule has 0 saturated carbocycles. The van der Waals surface area contributed by atoms with E-state index >= 15 is 0 Å². The van der Waals surface area contributed by atoms with Crippen LogP contribution in [0.3, 0.4) is 0 Å². The van der Waals surface area contributed by atoms with Gasteiger partial charge >= 0.3 is 0 Å². The first-order chi connectivity index (χ1) is 7.99. The molecule has 0 N–H and O–H groups in total. The molecule has 1 nitrogen and oxygen atoms in total. The molecule has 0 amide bonds. The summed E-state index contributed by atoms with van der Waals surface area (Å²) in [6, 6.07) is 6.54. The first-order valence-corrected chi connectivity index (χ1v) is 6.34. The average molecular weight is 229 g/mol. The van der Waals surface area contributed by atoms with E-state index in [4.69, 9.17) is 0 Å². The fourth-order valence-corrected chi connectivity index (χ4v) is 2.01. The van der Waals surface area contributed by atoms with Gasteiger partial charge in [0.15, 0.2) is 0 Å². The first kappa shape index (κ1) is 13.7. The van der Waals surface area contributed by atoms with Crippen molar-refractivity contribution in [2.45, 2.75) is 48.0 Å². The van der Waals surface area contributed by atoms with E-state index in [0.717, 1.165) is 11.2 Å². The second-order valence-corrected chi connectivity index (χ2v) is 4.77. The Hall–Kier alpha value is -1.37. The Morgan fingerprint density at radius 2 is 1.47 bits per heavy atom. The first-order valence-electron chi connectivity index (χ1n) is 6.34. The minimum atomic E-state index is 1.10. The predicted molar refractivity (Wildman–Crippen MR) is 76.7 cm³/mol. The van der Waals surface area contributed by atoms with Gasteiger partial charge < -0.3 is 0 Å². The third-order valence-corrected chi connectivity index (χ3v) is 2.58. The zero-order valence-electron chi connectivity index (χ0n) is 11.9. The van der Waals surface area contributed by atoms with E-state index in [2.05, 4.69) is 57.8 Å². The summed E-state index contributed by atoms with van der Waals surface area (Å²) in [4.78, 5) is 4.58. The van der Waals surface area contributed by atoms with Crippen molar-refractivity contribution in [1.82, 2.24) is 4.98 Å². The minimum absolute atomic E-state index is 1.10. The smallest absolute Gasteiger partial charge is 0.0737 e. The Morgan fingerprint density at radius 1 is 0.882 bits per heavy atom. The van der Waals surface area contributed by atoms with Crippen LogP contribution in [0.15, 0.2) is 18.2 Å². The summed E-state index contributed by atoms with van der Waals surface area (Å²) in [5.41, 5.74) is 6.14. The maximum Gasteiger partial charge on any atom is 0.0737 e. The lowest BCUT2D eigenvalue weighted by molar-refractivity contribution is 1.09. The van der Waals surface area contributed by atoms with Crippen molar-refractivity contribution in [3.05, 3.63) is 40.6 Å². The lowest BCUT2D eigenvalue weighted by Crippen LogP contribution is -1.91. The molecule has 0 saturated heterocycles. The van der Waals surface area contributed by atoms with Crippen molar-refractivity contribution >= 4 is 10.9 Å². The number of nitrogens with zero attached hydrogens (tertiary/aromatic N) is 1. The van der Waals surface area contributed by atoms with Gasteiger partial charge in [0.05, 0.1) is 5.52 Å². The predicted octanol–water partition coefficient (Wildman–Crippen LogP) is 4.88. The standard InChI is InChI=1S/C13H15N.C3H8/c1-8-5-10(3)13-12(6-8)9(2)7-11(4)14-13;1-3-2/h5-7H,1-4H3;3H2,1-2H3. The normalized spacial score (nSPS) is 10.0. The molecule has 0 aliphatic rings. The van der Waals surface area contributed by atoms with E-state index in [1.54, 1.807) is 0 Å². The summed E-state index contributed by atoms with van der Waals surface area (Å²) < 4.78 is 0. The Labute approximate surface area is 105 Å². The van der Waals surface area contributed by atoms with E-state index < -0.39 is 0 Å². The number of rotatable bonds is 0. The number of aromatic nitrogens is 1. The molecule has 0 unspecified atom stereocenters. The molecule has 0 spiro atoms. The van der Waals surface area contributed by atoms with Crippen molar-refractivity contribution in [2.24, 2.45) is 0 Å². The highest BCUT2D eigenvalue weighted by Crippen LogP contribution is 2.22. The molecule has 0 radical (unpaired) electrons. The van der Waals surface area contributed by atoms with Crippen LogP contribution >= 0.6 is 0 Å². The van der Waals surface area contributed by atoms with Crippen molar-refractivity contribution < 1.29 is 0 Å². The van der Waals surface area contributed by atoms with Crippen molar-refractivity contribution in [2.75, 3.05) is 0 Å². The second kappa shape index (κ2) is 5.81. The number of aryl methyl sites for hydroxylation is 4. The van der Waals surface area contributed by atoms with Crippen LogP contribution < -0.4 is 0 Å². The molecule has 2 rings (SSSR count). The van der Waals surface area contributed by atoms with E-state index in [9.17, 15) is 0 Å². The van der Waals surface area contributed by atoms with Crippen molar-refractivity contribution in [3.8, 4) is 0 Å². The number of fused-ring (bicyclic) bond motifs is 1. The topological polar surface area (TPSA) is 12.9 Å². The Bertz CT molecular complexity index is 465. The van der Waals surface area contributed by atoms with Gasteiger partial charge in [-0.2, -0.15) is 0 Å². The third kappa shape index (κ3) is 3.29. The van der Waals surface area contributed by atoms with Crippen LogP contribution in [0.4, 0.5) is 0 Å². The van der Waals surface area contributed by atoms with E-state index in [-0.39, 0.29) is 0 Å². The van der Waals surface area contributed by atoms with Gasteiger partial charge in [-0.05, 0) is 51.0 Å². The number of hydrogen-bond donors (Lipinski definition) is 0. The SMILES string of the molecule is CCC.Cc1cc(C)c2nc(C)cc(C)c2c1. The quantitative estimate of drug-likeness (QED) is 0.627.